The van der Waals surface area contributed by atoms with Crippen molar-refractivity contribution in [3.63, 3.8) is 0 Å². The molecule has 0 aromatic heterocycles. The van der Waals surface area contributed by atoms with Crippen LogP contribution in [0.2, 0.25) is 0 Å². The van der Waals surface area contributed by atoms with Crippen molar-refractivity contribution >= 4 is 5.97 Å². The molecule has 2 aromatic rings. The topological polar surface area (TPSA) is 35.5 Å². The van der Waals surface area contributed by atoms with Gasteiger partial charge < -0.3 is 9.47 Å². The smallest absolute Gasteiger partial charge is 0.343 e. The van der Waals surface area contributed by atoms with Gasteiger partial charge in [0.05, 0.1) is 12.7 Å². The van der Waals surface area contributed by atoms with Crippen molar-refractivity contribution in [3.8, 4) is 11.5 Å². The van der Waals surface area contributed by atoms with Crippen molar-refractivity contribution in [1.82, 2.24) is 0 Å². The van der Waals surface area contributed by atoms with Crippen molar-refractivity contribution in [3.05, 3.63) is 59.2 Å². The van der Waals surface area contributed by atoms with Crippen LogP contribution in [0.25, 0.3) is 0 Å². The van der Waals surface area contributed by atoms with Crippen LogP contribution < -0.4 is 9.47 Å². The second-order valence-electron chi connectivity index (χ2n) is 5.27. The Balaban J connectivity index is 2.35. The van der Waals surface area contributed by atoms with E-state index in [1.165, 1.54) is 0 Å². The van der Waals surface area contributed by atoms with Gasteiger partial charge in [-0.2, -0.15) is 0 Å². The third-order valence-corrected chi connectivity index (χ3v) is 3.36. The Hall–Kier alpha value is -2.29. The third kappa shape index (κ3) is 3.43. The predicted molar refractivity (Wildman–Crippen MR) is 83.2 cm³/mol. The minimum absolute atomic E-state index is 0.234. The largest absolute Gasteiger partial charge is 0.496 e. The lowest BCUT2D eigenvalue weighted by Gasteiger charge is -2.16. The minimum Gasteiger partial charge on any atom is -0.496 e. The predicted octanol–water partition coefficient (Wildman–Crippen LogP) is 4.35. The molecule has 0 unspecified atom stereocenters. The first kappa shape index (κ1) is 15.1. The number of ether oxygens (including phenoxy) is 2. The van der Waals surface area contributed by atoms with E-state index in [-0.39, 0.29) is 11.9 Å². The quantitative estimate of drug-likeness (QED) is 0.618. The average Bonchev–Trinajstić information content (AvgIpc) is 2.48. The molecule has 3 heteroatoms. The van der Waals surface area contributed by atoms with Crippen LogP contribution in [-0.4, -0.2) is 13.1 Å². The van der Waals surface area contributed by atoms with E-state index in [9.17, 15) is 4.79 Å². The summed E-state index contributed by atoms with van der Waals surface area (Å²) in [6.07, 6.45) is 0. The van der Waals surface area contributed by atoms with E-state index in [1.807, 2.05) is 37.3 Å². The summed E-state index contributed by atoms with van der Waals surface area (Å²) in [5.74, 6) is 1.29. The van der Waals surface area contributed by atoms with Gasteiger partial charge in [0.1, 0.15) is 11.5 Å². The fourth-order valence-corrected chi connectivity index (χ4v) is 2.17. The first-order valence-corrected chi connectivity index (χ1v) is 6.98. The lowest BCUT2D eigenvalue weighted by Crippen LogP contribution is -2.10. The third-order valence-electron chi connectivity index (χ3n) is 3.36. The van der Waals surface area contributed by atoms with Gasteiger partial charge in [-0.3, -0.25) is 0 Å². The van der Waals surface area contributed by atoms with E-state index >= 15 is 0 Å². The number of aryl methyl sites for hydroxylation is 1. The molecule has 0 aliphatic heterocycles. The number of rotatable bonds is 4. The van der Waals surface area contributed by atoms with Gasteiger partial charge in [0.15, 0.2) is 0 Å². The maximum absolute atomic E-state index is 12.2. The highest BCUT2D eigenvalue weighted by atomic mass is 16.5. The molecule has 0 heterocycles. The van der Waals surface area contributed by atoms with Crippen molar-refractivity contribution in [2.24, 2.45) is 0 Å². The molecule has 3 nitrogen and oxygen atoms in total. The first-order valence-electron chi connectivity index (χ1n) is 6.98. The molecular formula is C18H20O3. The van der Waals surface area contributed by atoms with Gasteiger partial charge in [0.2, 0.25) is 0 Å². The zero-order chi connectivity index (χ0) is 15.4. The molecule has 0 fully saturated rings. The normalized spacial score (nSPS) is 10.5. The summed E-state index contributed by atoms with van der Waals surface area (Å²) in [6.45, 7) is 6.05. The summed E-state index contributed by atoms with van der Waals surface area (Å²) in [5.41, 5.74) is 2.44. The molecule has 0 saturated heterocycles. The minimum atomic E-state index is -0.345. The van der Waals surface area contributed by atoms with Crippen LogP contribution in [0.5, 0.6) is 11.5 Å². The number of hydrogen-bond donors (Lipinski definition) is 0. The van der Waals surface area contributed by atoms with E-state index in [4.69, 9.17) is 9.47 Å². The van der Waals surface area contributed by atoms with Crippen LogP contribution in [-0.2, 0) is 0 Å². The molecule has 0 aliphatic carbocycles. The van der Waals surface area contributed by atoms with Crippen molar-refractivity contribution < 1.29 is 14.3 Å². The van der Waals surface area contributed by atoms with E-state index < -0.39 is 0 Å². The SMILES string of the molecule is COc1cc(C(C)C)c(OC(=O)c2ccccc2)cc1C. The molecule has 0 spiro atoms. The van der Waals surface area contributed by atoms with Gasteiger partial charge in [-0.15, -0.1) is 0 Å². The molecule has 0 aliphatic rings. The highest BCUT2D eigenvalue weighted by molar-refractivity contribution is 5.91. The lowest BCUT2D eigenvalue weighted by molar-refractivity contribution is 0.0732. The summed E-state index contributed by atoms with van der Waals surface area (Å²) in [5, 5.41) is 0. The molecule has 0 saturated carbocycles. The van der Waals surface area contributed by atoms with Crippen molar-refractivity contribution in [2.75, 3.05) is 7.11 Å². The molecule has 0 radical (unpaired) electrons. The van der Waals surface area contributed by atoms with Gasteiger partial charge in [-0.05, 0) is 42.7 Å². The highest BCUT2D eigenvalue weighted by Crippen LogP contribution is 2.33. The van der Waals surface area contributed by atoms with Crippen LogP contribution in [0.3, 0.4) is 0 Å². The fourth-order valence-electron chi connectivity index (χ4n) is 2.17. The summed E-state index contributed by atoms with van der Waals surface area (Å²) >= 11 is 0. The maximum Gasteiger partial charge on any atom is 0.343 e. The van der Waals surface area contributed by atoms with Gasteiger partial charge in [-0.25, -0.2) is 4.79 Å². The number of hydrogen-bond acceptors (Lipinski definition) is 3. The standard InChI is InChI=1S/C18H20O3/c1-12(2)15-11-16(20-4)13(3)10-17(15)21-18(19)14-8-6-5-7-9-14/h5-12H,1-4H3. The molecule has 0 atom stereocenters. The second kappa shape index (κ2) is 6.44. The molecule has 2 rings (SSSR count). The number of benzene rings is 2. The molecule has 0 bridgehead atoms. The van der Waals surface area contributed by atoms with Crippen LogP contribution in [0.1, 0.15) is 41.3 Å². The molecule has 21 heavy (non-hydrogen) atoms. The van der Waals surface area contributed by atoms with Gasteiger partial charge in [-0.1, -0.05) is 32.0 Å². The van der Waals surface area contributed by atoms with Crippen LogP contribution in [0, 0.1) is 6.92 Å². The summed E-state index contributed by atoms with van der Waals surface area (Å²) < 4.78 is 10.9. The number of carbonyl (C=O) groups excluding carboxylic acids is 1. The van der Waals surface area contributed by atoms with Crippen LogP contribution in [0.15, 0.2) is 42.5 Å². The van der Waals surface area contributed by atoms with E-state index in [0.29, 0.717) is 11.3 Å². The second-order valence-corrected chi connectivity index (χ2v) is 5.27. The summed E-state index contributed by atoms with van der Waals surface area (Å²) in [6, 6.07) is 12.8. The summed E-state index contributed by atoms with van der Waals surface area (Å²) in [4.78, 5) is 12.2. The Morgan fingerprint density at radius 3 is 2.29 bits per heavy atom. The van der Waals surface area contributed by atoms with Crippen LogP contribution >= 0.6 is 0 Å². The first-order chi connectivity index (χ1) is 10.0. The highest BCUT2D eigenvalue weighted by Gasteiger charge is 2.16. The summed E-state index contributed by atoms with van der Waals surface area (Å²) in [7, 11) is 1.64. The molecule has 0 amide bonds. The molecular weight excluding hydrogens is 264 g/mol. The lowest BCUT2D eigenvalue weighted by atomic mass is 9.99. The Morgan fingerprint density at radius 1 is 1.05 bits per heavy atom. The zero-order valence-corrected chi connectivity index (χ0v) is 12.8. The Kier molecular flexibility index (Phi) is 4.63. The van der Waals surface area contributed by atoms with E-state index in [2.05, 4.69) is 13.8 Å². The van der Waals surface area contributed by atoms with Crippen molar-refractivity contribution in [2.45, 2.75) is 26.7 Å². The Bertz CT molecular complexity index is 630. The van der Waals surface area contributed by atoms with Crippen LogP contribution in [0.4, 0.5) is 0 Å². The van der Waals surface area contributed by atoms with Crippen molar-refractivity contribution in [1.29, 1.82) is 0 Å². The van der Waals surface area contributed by atoms with E-state index in [0.717, 1.165) is 16.9 Å². The number of methoxy groups -OCH3 is 1. The Morgan fingerprint density at radius 2 is 1.71 bits per heavy atom. The number of esters is 1. The maximum atomic E-state index is 12.2. The van der Waals surface area contributed by atoms with E-state index in [1.54, 1.807) is 19.2 Å². The number of carbonyl (C=O) groups is 1. The monoisotopic (exact) mass is 284 g/mol. The molecule has 0 N–H and O–H groups in total. The average molecular weight is 284 g/mol. The fraction of sp³-hybridized carbons (Fsp3) is 0.278. The van der Waals surface area contributed by atoms with Gasteiger partial charge >= 0.3 is 5.97 Å². The molecule has 110 valence electrons. The Labute approximate surface area is 125 Å². The zero-order valence-electron chi connectivity index (χ0n) is 12.8. The van der Waals surface area contributed by atoms with Gasteiger partial charge in [0.25, 0.3) is 0 Å². The van der Waals surface area contributed by atoms with Gasteiger partial charge in [0, 0.05) is 5.56 Å². The molecule has 2 aromatic carbocycles.